The Morgan fingerprint density at radius 2 is 1.67 bits per heavy atom. The Morgan fingerprint density at radius 3 is 2.33 bits per heavy atom. The molecule has 1 aliphatic heterocycles. The SMILES string of the molecule is COc1ccc([C@@H]2c3c(-c4ccc(Cl)cc4)n[nH]c3C(=O)N2c2ccccc2)cc1. The van der Waals surface area contributed by atoms with Crippen molar-refractivity contribution in [3.05, 3.63) is 101 Å². The zero-order valence-corrected chi connectivity index (χ0v) is 16.9. The van der Waals surface area contributed by atoms with Crippen molar-refractivity contribution in [2.24, 2.45) is 0 Å². The lowest BCUT2D eigenvalue weighted by Crippen LogP contribution is -2.29. The molecule has 1 aromatic heterocycles. The number of ether oxygens (including phenoxy) is 1. The Kier molecular flexibility index (Phi) is 4.52. The number of H-pyrrole nitrogens is 1. The van der Waals surface area contributed by atoms with Gasteiger partial charge in [0.25, 0.3) is 5.91 Å². The molecule has 30 heavy (non-hydrogen) atoms. The highest BCUT2D eigenvalue weighted by molar-refractivity contribution is 6.30. The van der Waals surface area contributed by atoms with Crippen LogP contribution in [0.5, 0.6) is 5.75 Å². The van der Waals surface area contributed by atoms with Crippen molar-refractivity contribution >= 4 is 23.2 Å². The summed E-state index contributed by atoms with van der Waals surface area (Å²) in [6, 6.07) is 24.6. The number of nitrogens with zero attached hydrogens (tertiary/aromatic N) is 2. The van der Waals surface area contributed by atoms with Crippen molar-refractivity contribution in [3.63, 3.8) is 0 Å². The number of fused-ring (bicyclic) bond motifs is 1. The molecule has 2 heterocycles. The van der Waals surface area contributed by atoms with Gasteiger partial charge in [-0.25, -0.2) is 0 Å². The standard InChI is InChI=1S/C24H18ClN3O2/c1-30-19-13-9-16(10-14-19)23-20-21(15-7-11-17(25)12-8-15)26-27-22(20)24(29)28(23)18-5-3-2-4-6-18/h2-14,23H,1H3,(H,26,27)/t23-/m1/s1. The quantitative estimate of drug-likeness (QED) is 0.479. The third-order valence-electron chi connectivity index (χ3n) is 5.35. The summed E-state index contributed by atoms with van der Waals surface area (Å²) in [6.45, 7) is 0. The number of halogens is 1. The Balaban J connectivity index is 1.70. The van der Waals surface area contributed by atoms with Crippen LogP contribution >= 0.6 is 11.6 Å². The summed E-state index contributed by atoms with van der Waals surface area (Å²) in [5.74, 6) is 0.657. The molecular weight excluding hydrogens is 398 g/mol. The maximum Gasteiger partial charge on any atom is 0.277 e. The van der Waals surface area contributed by atoms with Crippen molar-refractivity contribution in [1.29, 1.82) is 0 Å². The molecule has 0 aliphatic carbocycles. The van der Waals surface area contributed by atoms with E-state index in [0.717, 1.165) is 33.8 Å². The fraction of sp³-hybridized carbons (Fsp3) is 0.0833. The van der Waals surface area contributed by atoms with E-state index in [1.165, 1.54) is 0 Å². The average Bonchev–Trinajstić information content (AvgIpc) is 3.34. The molecule has 0 saturated heterocycles. The molecule has 0 saturated carbocycles. The molecule has 1 N–H and O–H groups in total. The number of amides is 1. The first-order valence-electron chi connectivity index (χ1n) is 9.54. The molecule has 3 aromatic carbocycles. The highest BCUT2D eigenvalue weighted by atomic mass is 35.5. The molecule has 0 fully saturated rings. The van der Waals surface area contributed by atoms with Gasteiger partial charge in [0.1, 0.15) is 11.4 Å². The molecule has 0 unspecified atom stereocenters. The Labute approximate surface area is 178 Å². The van der Waals surface area contributed by atoms with Crippen LogP contribution in [0.1, 0.15) is 27.7 Å². The third kappa shape index (κ3) is 2.95. The maximum absolute atomic E-state index is 13.4. The van der Waals surface area contributed by atoms with Crippen LogP contribution in [0.4, 0.5) is 5.69 Å². The van der Waals surface area contributed by atoms with Gasteiger partial charge in [0, 0.05) is 21.8 Å². The molecule has 6 heteroatoms. The predicted octanol–water partition coefficient (Wildman–Crippen LogP) is 5.49. The second kappa shape index (κ2) is 7.35. The van der Waals surface area contributed by atoms with Crippen molar-refractivity contribution in [2.75, 3.05) is 12.0 Å². The number of aromatic nitrogens is 2. The summed E-state index contributed by atoms with van der Waals surface area (Å²) in [7, 11) is 1.64. The van der Waals surface area contributed by atoms with E-state index in [0.29, 0.717) is 10.7 Å². The van der Waals surface area contributed by atoms with E-state index >= 15 is 0 Å². The van der Waals surface area contributed by atoms with Crippen LogP contribution in [0.3, 0.4) is 0 Å². The van der Waals surface area contributed by atoms with Crippen LogP contribution in [0.25, 0.3) is 11.3 Å². The second-order valence-corrected chi connectivity index (χ2v) is 7.49. The number of anilines is 1. The molecule has 1 amide bonds. The Bertz CT molecular complexity index is 1200. The van der Waals surface area contributed by atoms with Crippen LogP contribution in [-0.2, 0) is 0 Å². The lowest BCUT2D eigenvalue weighted by Gasteiger charge is -2.26. The smallest absolute Gasteiger partial charge is 0.277 e. The molecule has 5 rings (SSSR count). The highest BCUT2D eigenvalue weighted by Gasteiger charge is 2.43. The number of carbonyl (C=O) groups excluding carboxylic acids is 1. The van der Waals surface area contributed by atoms with Gasteiger partial charge in [-0.2, -0.15) is 5.10 Å². The van der Waals surface area contributed by atoms with Gasteiger partial charge in [-0.05, 0) is 42.0 Å². The molecule has 4 aromatic rings. The number of methoxy groups -OCH3 is 1. The molecule has 5 nitrogen and oxygen atoms in total. The van der Waals surface area contributed by atoms with E-state index < -0.39 is 0 Å². The molecule has 1 aliphatic rings. The first-order chi connectivity index (χ1) is 14.7. The predicted molar refractivity (Wildman–Crippen MR) is 117 cm³/mol. The van der Waals surface area contributed by atoms with Crippen LogP contribution in [0.2, 0.25) is 5.02 Å². The van der Waals surface area contributed by atoms with E-state index in [2.05, 4.69) is 10.2 Å². The van der Waals surface area contributed by atoms with Crippen molar-refractivity contribution in [1.82, 2.24) is 10.2 Å². The van der Waals surface area contributed by atoms with Gasteiger partial charge in [0.15, 0.2) is 0 Å². The van der Waals surface area contributed by atoms with Crippen molar-refractivity contribution in [3.8, 4) is 17.0 Å². The number of rotatable bonds is 4. The topological polar surface area (TPSA) is 58.2 Å². The Hall–Kier alpha value is -3.57. The second-order valence-electron chi connectivity index (χ2n) is 7.05. The number of benzene rings is 3. The largest absolute Gasteiger partial charge is 0.497 e. The van der Waals surface area contributed by atoms with Gasteiger partial charge < -0.3 is 4.74 Å². The normalized spacial score (nSPS) is 15.3. The molecule has 0 bridgehead atoms. The minimum absolute atomic E-state index is 0.107. The van der Waals surface area contributed by atoms with Gasteiger partial charge in [-0.15, -0.1) is 0 Å². The minimum Gasteiger partial charge on any atom is -0.497 e. The molecule has 0 radical (unpaired) electrons. The summed E-state index contributed by atoms with van der Waals surface area (Å²) >= 11 is 6.07. The van der Waals surface area contributed by atoms with Gasteiger partial charge in [-0.1, -0.05) is 54.1 Å². The average molecular weight is 416 g/mol. The van der Waals surface area contributed by atoms with E-state index in [9.17, 15) is 4.79 Å². The summed E-state index contributed by atoms with van der Waals surface area (Å²) in [6.07, 6.45) is 0. The summed E-state index contributed by atoms with van der Waals surface area (Å²) in [5, 5.41) is 8.11. The first kappa shape index (κ1) is 18.5. The van der Waals surface area contributed by atoms with E-state index in [4.69, 9.17) is 16.3 Å². The van der Waals surface area contributed by atoms with Crippen molar-refractivity contribution < 1.29 is 9.53 Å². The van der Waals surface area contributed by atoms with E-state index in [1.54, 1.807) is 7.11 Å². The Morgan fingerprint density at radius 1 is 0.967 bits per heavy atom. The summed E-state index contributed by atoms with van der Waals surface area (Å²) in [5.41, 5.74) is 4.81. The van der Waals surface area contributed by atoms with Crippen LogP contribution < -0.4 is 9.64 Å². The number of hydrogen-bond acceptors (Lipinski definition) is 3. The third-order valence-corrected chi connectivity index (χ3v) is 5.60. The molecule has 1 atom stereocenters. The summed E-state index contributed by atoms with van der Waals surface area (Å²) in [4.78, 5) is 15.2. The monoisotopic (exact) mass is 415 g/mol. The van der Waals surface area contributed by atoms with E-state index in [1.807, 2.05) is 83.8 Å². The van der Waals surface area contributed by atoms with Crippen LogP contribution in [-0.4, -0.2) is 23.2 Å². The van der Waals surface area contributed by atoms with Gasteiger partial charge >= 0.3 is 0 Å². The van der Waals surface area contributed by atoms with Crippen LogP contribution in [0.15, 0.2) is 78.9 Å². The number of hydrogen-bond donors (Lipinski definition) is 1. The number of aromatic amines is 1. The fourth-order valence-corrected chi connectivity index (χ4v) is 4.06. The van der Waals surface area contributed by atoms with Crippen LogP contribution in [0, 0.1) is 0 Å². The lowest BCUT2D eigenvalue weighted by molar-refractivity contribution is 0.0989. The maximum atomic E-state index is 13.4. The lowest BCUT2D eigenvalue weighted by atomic mass is 9.96. The number of carbonyl (C=O) groups is 1. The van der Waals surface area contributed by atoms with Gasteiger partial charge in [0.2, 0.25) is 0 Å². The van der Waals surface area contributed by atoms with E-state index in [-0.39, 0.29) is 11.9 Å². The zero-order valence-electron chi connectivity index (χ0n) is 16.2. The molecule has 148 valence electrons. The minimum atomic E-state index is -0.315. The fourth-order valence-electron chi connectivity index (χ4n) is 3.93. The molecule has 0 spiro atoms. The zero-order chi connectivity index (χ0) is 20.7. The number of nitrogens with one attached hydrogen (secondary N) is 1. The van der Waals surface area contributed by atoms with Gasteiger partial charge in [0.05, 0.1) is 18.8 Å². The van der Waals surface area contributed by atoms with Gasteiger partial charge in [-0.3, -0.25) is 14.8 Å². The van der Waals surface area contributed by atoms with Crippen molar-refractivity contribution in [2.45, 2.75) is 6.04 Å². The highest BCUT2D eigenvalue weighted by Crippen LogP contribution is 2.45. The molecular formula is C24H18ClN3O2. The first-order valence-corrected chi connectivity index (χ1v) is 9.92. The summed E-state index contributed by atoms with van der Waals surface area (Å²) < 4.78 is 5.31. The number of para-hydroxylation sites is 1.